The molecule has 3 N–H and O–H groups in total. The van der Waals surface area contributed by atoms with Crippen LogP contribution in [0.1, 0.15) is 13.3 Å². The van der Waals surface area contributed by atoms with Gasteiger partial charge in [-0.15, -0.1) is 12.4 Å². The highest BCUT2D eigenvalue weighted by Gasteiger charge is 2.05. The van der Waals surface area contributed by atoms with Gasteiger partial charge < -0.3 is 15.8 Å². The molecule has 0 aromatic heterocycles. The SMILES string of the molecule is CC(N)CCNC(=O)COc1ccc(F)c(Cl)c1.Cl. The highest BCUT2D eigenvalue weighted by molar-refractivity contribution is 6.30. The molecule has 1 amide bonds. The number of amides is 1. The Morgan fingerprint density at radius 1 is 1.58 bits per heavy atom. The summed E-state index contributed by atoms with van der Waals surface area (Å²) in [4.78, 5) is 11.4. The molecule has 0 aliphatic heterocycles. The summed E-state index contributed by atoms with van der Waals surface area (Å²) >= 11 is 5.58. The third-order valence-corrected chi connectivity index (χ3v) is 2.47. The molecule has 0 aliphatic rings. The molecule has 0 aliphatic carbocycles. The molecule has 4 nitrogen and oxygen atoms in total. The van der Waals surface area contributed by atoms with E-state index in [0.717, 1.165) is 0 Å². The topological polar surface area (TPSA) is 64.3 Å². The fourth-order valence-corrected chi connectivity index (χ4v) is 1.38. The molecule has 1 rings (SSSR count). The van der Waals surface area contributed by atoms with Gasteiger partial charge >= 0.3 is 0 Å². The Hall–Kier alpha value is -1.04. The first kappa shape index (κ1) is 18.0. The fourth-order valence-electron chi connectivity index (χ4n) is 1.21. The lowest BCUT2D eigenvalue weighted by molar-refractivity contribution is -0.123. The molecule has 1 unspecified atom stereocenters. The second kappa shape index (κ2) is 8.96. The maximum absolute atomic E-state index is 12.9. The molecule has 0 spiro atoms. The zero-order valence-corrected chi connectivity index (χ0v) is 12.1. The summed E-state index contributed by atoms with van der Waals surface area (Å²) in [6.07, 6.45) is 0.702. The van der Waals surface area contributed by atoms with Crippen molar-refractivity contribution >= 4 is 29.9 Å². The largest absolute Gasteiger partial charge is 0.484 e. The Labute approximate surface area is 122 Å². The summed E-state index contributed by atoms with van der Waals surface area (Å²) in [7, 11) is 0. The third kappa shape index (κ3) is 7.20. The van der Waals surface area contributed by atoms with E-state index in [9.17, 15) is 9.18 Å². The van der Waals surface area contributed by atoms with Gasteiger partial charge in [0, 0.05) is 18.7 Å². The maximum Gasteiger partial charge on any atom is 0.257 e. The lowest BCUT2D eigenvalue weighted by atomic mass is 10.2. The van der Waals surface area contributed by atoms with Crippen molar-refractivity contribution in [3.05, 3.63) is 29.0 Å². The van der Waals surface area contributed by atoms with Gasteiger partial charge in [-0.1, -0.05) is 11.6 Å². The van der Waals surface area contributed by atoms with Crippen LogP contribution >= 0.6 is 24.0 Å². The summed E-state index contributed by atoms with van der Waals surface area (Å²) in [5.74, 6) is -0.426. The van der Waals surface area contributed by atoms with Crippen LogP contribution in [0.5, 0.6) is 5.75 Å². The van der Waals surface area contributed by atoms with Gasteiger partial charge in [0.2, 0.25) is 0 Å². The van der Waals surface area contributed by atoms with Gasteiger partial charge in [-0.25, -0.2) is 4.39 Å². The molecular weight excluding hydrogens is 294 g/mol. The van der Waals surface area contributed by atoms with Crippen molar-refractivity contribution in [1.82, 2.24) is 5.32 Å². The van der Waals surface area contributed by atoms with Crippen molar-refractivity contribution in [2.45, 2.75) is 19.4 Å². The first-order valence-corrected chi connectivity index (χ1v) is 5.97. The molecule has 19 heavy (non-hydrogen) atoms. The summed E-state index contributed by atoms with van der Waals surface area (Å²) in [5.41, 5.74) is 5.54. The van der Waals surface area contributed by atoms with Crippen LogP contribution in [0, 0.1) is 5.82 Å². The molecule has 0 bridgehead atoms. The average molecular weight is 311 g/mol. The van der Waals surface area contributed by atoms with E-state index in [4.69, 9.17) is 22.1 Å². The molecule has 0 fully saturated rings. The number of ether oxygens (including phenoxy) is 1. The number of nitrogens with two attached hydrogens (primary N) is 1. The van der Waals surface area contributed by atoms with Crippen LogP contribution in [0.4, 0.5) is 4.39 Å². The van der Waals surface area contributed by atoms with E-state index in [1.54, 1.807) is 0 Å². The lowest BCUT2D eigenvalue weighted by Gasteiger charge is -2.09. The minimum absolute atomic E-state index is 0. The van der Waals surface area contributed by atoms with Crippen LogP contribution in [0.25, 0.3) is 0 Å². The van der Waals surface area contributed by atoms with Crippen molar-refractivity contribution in [2.75, 3.05) is 13.2 Å². The van der Waals surface area contributed by atoms with Crippen LogP contribution in [0.2, 0.25) is 5.02 Å². The van der Waals surface area contributed by atoms with E-state index in [0.29, 0.717) is 18.7 Å². The van der Waals surface area contributed by atoms with E-state index < -0.39 is 5.82 Å². The number of hydrogen-bond donors (Lipinski definition) is 2. The zero-order chi connectivity index (χ0) is 13.5. The second-order valence-electron chi connectivity index (χ2n) is 3.98. The molecule has 1 atom stereocenters. The molecular formula is C12H17Cl2FN2O2. The van der Waals surface area contributed by atoms with Gasteiger partial charge in [0.1, 0.15) is 11.6 Å². The smallest absolute Gasteiger partial charge is 0.257 e. The van der Waals surface area contributed by atoms with Gasteiger partial charge in [-0.2, -0.15) is 0 Å². The van der Waals surface area contributed by atoms with Crippen LogP contribution in [0.15, 0.2) is 18.2 Å². The van der Waals surface area contributed by atoms with E-state index in [1.807, 2.05) is 6.92 Å². The first-order chi connectivity index (χ1) is 8.49. The van der Waals surface area contributed by atoms with Gasteiger partial charge in [-0.05, 0) is 25.5 Å². The highest BCUT2D eigenvalue weighted by atomic mass is 35.5. The van der Waals surface area contributed by atoms with Gasteiger partial charge in [0.25, 0.3) is 5.91 Å². The Balaban J connectivity index is 0.00000324. The van der Waals surface area contributed by atoms with Crippen LogP contribution in [0.3, 0.4) is 0 Å². The second-order valence-corrected chi connectivity index (χ2v) is 4.39. The Kier molecular flexibility index (Phi) is 8.47. The van der Waals surface area contributed by atoms with E-state index in [-0.39, 0.29) is 36.0 Å². The number of nitrogens with one attached hydrogen (secondary N) is 1. The Bertz CT molecular complexity index is 417. The summed E-state index contributed by atoms with van der Waals surface area (Å²) in [6, 6.07) is 3.97. The molecule has 7 heteroatoms. The predicted octanol–water partition coefficient (Wildman–Crippen LogP) is 2.13. The van der Waals surface area contributed by atoms with E-state index in [1.165, 1.54) is 18.2 Å². The van der Waals surface area contributed by atoms with Gasteiger partial charge in [0.15, 0.2) is 6.61 Å². The van der Waals surface area contributed by atoms with Crippen LogP contribution in [-0.2, 0) is 4.79 Å². The van der Waals surface area contributed by atoms with Crippen molar-refractivity contribution in [2.24, 2.45) is 5.73 Å². The number of carbonyl (C=O) groups excluding carboxylic acids is 1. The van der Waals surface area contributed by atoms with Crippen molar-refractivity contribution in [3.8, 4) is 5.75 Å². The molecule has 108 valence electrons. The van der Waals surface area contributed by atoms with Crippen LogP contribution < -0.4 is 15.8 Å². The van der Waals surface area contributed by atoms with Crippen molar-refractivity contribution in [3.63, 3.8) is 0 Å². The summed E-state index contributed by atoms with van der Waals surface area (Å²) < 4.78 is 18.0. The van der Waals surface area contributed by atoms with Gasteiger partial charge in [0.05, 0.1) is 5.02 Å². The Morgan fingerprint density at radius 3 is 2.84 bits per heavy atom. The summed E-state index contributed by atoms with van der Waals surface area (Å²) in [5, 5.41) is 2.62. The molecule has 0 saturated carbocycles. The zero-order valence-electron chi connectivity index (χ0n) is 10.5. The standard InChI is InChI=1S/C12H16ClFN2O2.ClH/c1-8(15)4-5-16-12(17)7-18-9-2-3-11(14)10(13)6-9;/h2-3,6,8H,4-5,7,15H2,1H3,(H,16,17);1H. The monoisotopic (exact) mass is 310 g/mol. The van der Waals surface area contributed by atoms with E-state index >= 15 is 0 Å². The highest BCUT2D eigenvalue weighted by Crippen LogP contribution is 2.20. The first-order valence-electron chi connectivity index (χ1n) is 5.59. The third-order valence-electron chi connectivity index (χ3n) is 2.18. The lowest BCUT2D eigenvalue weighted by Crippen LogP contribution is -2.32. The number of rotatable bonds is 6. The average Bonchev–Trinajstić information content (AvgIpc) is 2.30. The fraction of sp³-hybridized carbons (Fsp3) is 0.417. The van der Waals surface area contributed by atoms with Gasteiger partial charge in [-0.3, -0.25) is 4.79 Å². The minimum Gasteiger partial charge on any atom is -0.484 e. The summed E-state index contributed by atoms with van der Waals surface area (Å²) in [6.45, 7) is 2.23. The molecule has 1 aromatic rings. The molecule has 1 aromatic carbocycles. The normalized spacial score (nSPS) is 11.4. The number of benzene rings is 1. The number of hydrogen-bond acceptors (Lipinski definition) is 3. The quantitative estimate of drug-likeness (QED) is 0.846. The predicted molar refractivity (Wildman–Crippen MR) is 75.4 cm³/mol. The van der Waals surface area contributed by atoms with Crippen molar-refractivity contribution < 1.29 is 13.9 Å². The Morgan fingerprint density at radius 2 is 2.26 bits per heavy atom. The van der Waals surface area contributed by atoms with E-state index in [2.05, 4.69) is 5.32 Å². The maximum atomic E-state index is 12.9. The number of carbonyl (C=O) groups is 1. The van der Waals surface area contributed by atoms with Crippen molar-refractivity contribution in [1.29, 1.82) is 0 Å². The minimum atomic E-state index is -0.523. The molecule has 0 saturated heterocycles. The van der Waals surface area contributed by atoms with Crippen LogP contribution in [-0.4, -0.2) is 25.1 Å². The molecule has 0 radical (unpaired) electrons. The number of halogens is 3. The molecule has 0 heterocycles.